The molecule has 8 heteroatoms. The Kier molecular flexibility index (Phi) is 5.69. The Bertz CT molecular complexity index is 2290. The van der Waals surface area contributed by atoms with Crippen LogP contribution in [0.15, 0.2) is 165 Å². The van der Waals surface area contributed by atoms with E-state index in [1.807, 2.05) is 0 Å². The summed E-state index contributed by atoms with van der Waals surface area (Å²) >= 11 is 3.53. The van der Waals surface area contributed by atoms with E-state index in [-0.39, 0.29) is 13.4 Å². The smallest absolute Gasteiger partial charge is 0.274 e. The Morgan fingerprint density at radius 2 is 0.812 bits per heavy atom. The highest BCUT2D eigenvalue weighted by molar-refractivity contribution is 8.00. The quantitative estimate of drug-likeness (QED) is 0.214. The van der Waals surface area contributed by atoms with E-state index in [0.29, 0.717) is 0 Å². The standard InChI is InChI=1S/C40H24B2N4S2/c1-3-13-25(14-4-1)45-29-19-9-7-17-27(29)41-35-31(45)21-11-23-33(35)47-39-37(41)43-38-40(44-39)48-34-24-12-22-32-36(34)42(38)28-18-8-10-20-30(28)46(32)26-15-5-2-6-16-26/h1-24H. The summed E-state index contributed by atoms with van der Waals surface area (Å²) in [7, 11) is 0. The van der Waals surface area contributed by atoms with Gasteiger partial charge in [0.15, 0.2) is 0 Å². The lowest BCUT2D eigenvalue weighted by atomic mass is 9.35. The van der Waals surface area contributed by atoms with Crippen molar-refractivity contribution in [1.82, 2.24) is 9.97 Å². The number of hydrogen-bond acceptors (Lipinski definition) is 6. The van der Waals surface area contributed by atoms with Crippen LogP contribution in [0.5, 0.6) is 0 Å². The topological polar surface area (TPSA) is 32.3 Å². The van der Waals surface area contributed by atoms with Crippen LogP contribution in [0.4, 0.5) is 34.1 Å². The van der Waals surface area contributed by atoms with Gasteiger partial charge in [0.05, 0.1) is 0 Å². The second kappa shape index (κ2) is 10.2. The Morgan fingerprint density at radius 1 is 0.396 bits per heavy atom. The SMILES string of the molecule is c1ccc(N2c3ccccc3B3c4nc5c(nc4Sc4cccc2c43)Sc2cccc3c2B5c2ccccc2N3c2ccccc2)cc1. The molecule has 0 spiro atoms. The molecular formula is C40H24B2N4S2. The first-order chi connectivity index (χ1) is 23.8. The molecule has 0 bridgehead atoms. The van der Waals surface area contributed by atoms with E-state index < -0.39 is 0 Å². The molecule has 4 aliphatic rings. The number of para-hydroxylation sites is 4. The second-order valence-corrected chi connectivity index (χ2v) is 14.6. The van der Waals surface area contributed by atoms with E-state index >= 15 is 0 Å². The van der Waals surface area contributed by atoms with Crippen LogP contribution in [0.3, 0.4) is 0 Å². The Labute approximate surface area is 288 Å². The number of rotatable bonds is 2. The van der Waals surface area contributed by atoms with Gasteiger partial charge in [-0.2, -0.15) is 0 Å². The second-order valence-electron chi connectivity index (χ2n) is 12.5. The van der Waals surface area contributed by atoms with Gasteiger partial charge in [-0.25, -0.2) is 4.98 Å². The molecule has 4 aliphatic heterocycles. The first kappa shape index (κ1) is 26.9. The Balaban J connectivity index is 1.15. The van der Waals surface area contributed by atoms with Crippen molar-refractivity contribution < 1.29 is 0 Å². The molecule has 0 unspecified atom stereocenters. The lowest BCUT2D eigenvalue weighted by molar-refractivity contribution is 0.990. The maximum atomic E-state index is 5.76. The zero-order valence-electron chi connectivity index (χ0n) is 25.6. The zero-order valence-corrected chi connectivity index (χ0v) is 27.2. The maximum absolute atomic E-state index is 5.76. The van der Waals surface area contributed by atoms with Gasteiger partial charge in [0.25, 0.3) is 13.4 Å². The van der Waals surface area contributed by atoms with Crippen LogP contribution in [0.25, 0.3) is 0 Å². The van der Waals surface area contributed by atoms with Gasteiger partial charge in [-0.05, 0) is 82.5 Å². The molecule has 0 fully saturated rings. The molecule has 0 saturated carbocycles. The molecule has 1 aromatic heterocycles. The van der Waals surface area contributed by atoms with Gasteiger partial charge in [0, 0.05) is 55.1 Å². The molecule has 11 rings (SSSR count). The summed E-state index contributed by atoms with van der Waals surface area (Å²) in [6.07, 6.45) is 0. The minimum absolute atomic E-state index is 0.0114. The predicted molar refractivity (Wildman–Crippen MR) is 202 cm³/mol. The largest absolute Gasteiger partial charge is 0.311 e. The lowest BCUT2D eigenvalue weighted by Crippen LogP contribution is -2.65. The zero-order chi connectivity index (χ0) is 31.3. The van der Waals surface area contributed by atoms with Gasteiger partial charge in [-0.15, -0.1) is 0 Å². The van der Waals surface area contributed by atoms with Gasteiger partial charge < -0.3 is 9.80 Å². The molecule has 0 radical (unpaired) electrons. The van der Waals surface area contributed by atoms with E-state index in [1.165, 1.54) is 54.4 Å². The number of fused-ring (bicyclic) bond motifs is 8. The average molecular weight is 646 g/mol. The highest BCUT2D eigenvalue weighted by atomic mass is 32.2. The number of benzene rings is 6. The summed E-state index contributed by atoms with van der Waals surface area (Å²) in [5.74, 6) is 0. The van der Waals surface area contributed by atoms with Gasteiger partial charge in [0.1, 0.15) is 10.1 Å². The maximum Gasteiger partial charge on any atom is 0.274 e. The third-order valence-electron chi connectivity index (χ3n) is 9.99. The lowest BCUT2D eigenvalue weighted by Gasteiger charge is -2.41. The van der Waals surface area contributed by atoms with E-state index in [1.54, 1.807) is 23.5 Å². The summed E-state index contributed by atoms with van der Waals surface area (Å²) in [6.45, 7) is -0.0228. The third kappa shape index (κ3) is 3.67. The van der Waals surface area contributed by atoms with Crippen LogP contribution in [-0.2, 0) is 0 Å². The number of nitrogens with zero attached hydrogens (tertiary/aromatic N) is 4. The van der Waals surface area contributed by atoms with Crippen molar-refractivity contribution in [3.63, 3.8) is 0 Å². The van der Waals surface area contributed by atoms with Crippen molar-refractivity contribution in [2.45, 2.75) is 19.8 Å². The molecule has 0 atom stereocenters. The van der Waals surface area contributed by atoms with E-state index in [0.717, 1.165) is 32.6 Å². The average Bonchev–Trinajstić information content (AvgIpc) is 3.14. The van der Waals surface area contributed by atoms with Crippen molar-refractivity contribution in [3.8, 4) is 0 Å². The fraction of sp³-hybridized carbons (Fsp3) is 0. The van der Waals surface area contributed by atoms with Crippen molar-refractivity contribution in [3.05, 3.63) is 146 Å². The molecule has 0 aliphatic carbocycles. The normalized spacial score (nSPS) is 14.3. The predicted octanol–water partition coefficient (Wildman–Crippen LogP) is 6.00. The van der Waals surface area contributed by atoms with Crippen LogP contribution >= 0.6 is 23.5 Å². The van der Waals surface area contributed by atoms with Gasteiger partial charge in [0.2, 0.25) is 0 Å². The molecule has 4 nitrogen and oxygen atoms in total. The summed E-state index contributed by atoms with van der Waals surface area (Å²) in [5.41, 5.74) is 14.4. The van der Waals surface area contributed by atoms with Crippen molar-refractivity contribution in [2.24, 2.45) is 0 Å². The van der Waals surface area contributed by atoms with Crippen molar-refractivity contribution in [2.75, 3.05) is 9.80 Å². The van der Waals surface area contributed by atoms with Gasteiger partial charge in [-0.1, -0.05) is 108 Å². The fourth-order valence-electron chi connectivity index (χ4n) is 8.10. The highest BCUT2D eigenvalue weighted by Crippen LogP contribution is 2.43. The molecule has 6 aromatic carbocycles. The molecule has 0 saturated heterocycles. The van der Waals surface area contributed by atoms with Crippen LogP contribution in [-0.4, -0.2) is 23.4 Å². The highest BCUT2D eigenvalue weighted by Gasteiger charge is 2.46. The molecule has 0 amide bonds. The minimum atomic E-state index is -0.0114. The fourth-order valence-corrected chi connectivity index (χ4v) is 10.3. The molecular weight excluding hydrogens is 622 g/mol. The van der Waals surface area contributed by atoms with Crippen LogP contribution in [0, 0.1) is 0 Å². The summed E-state index contributed by atoms with van der Waals surface area (Å²) in [4.78, 5) is 18.6. The van der Waals surface area contributed by atoms with Crippen molar-refractivity contribution >= 4 is 104 Å². The molecule has 5 heterocycles. The van der Waals surface area contributed by atoms with Crippen molar-refractivity contribution in [1.29, 1.82) is 0 Å². The number of aromatic nitrogens is 2. The molecule has 7 aromatic rings. The summed E-state index contributed by atoms with van der Waals surface area (Å²) < 4.78 is 0. The Hall–Kier alpha value is -5.17. The van der Waals surface area contributed by atoms with E-state index in [4.69, 9.17) is 9.97 Å². The monoisotopic (exact) mass is 646 g/mol. The van der Waals surface area contributed by atoms with Gasteiger partial charge in [-0.3, -0.25) is 4.98 Å². The first-order valence-corrected chi connectivity index (χ1v) is 17.9. The third-order valence-corrected chi connectivity index (χ3v) is 12.1. The van der Waals surface area contributed by atoms with E-state index in [2.05, 4.69) is 155 Å². The van der Waals surface area contributed by atoms with Gasteiger partial charge >= 0.3 is 0 Å². The van der Waals surface area contributed by atoms with Crippen LogP contribution in [0.2, 0.25) is 0 Å². The summed E-state index contributed by atoms with van der Waals surface area (Å²) in [5, 5.41) is 2.02. The van der Waals surface area contributed by atoms with E-state index in [9.17, 15) is 0 Å². The number of hydrogen-bond donors (Lipinski definition) is 0. The number of anilines is 6. The first-order valence-electron chi connectivity index (χ1n) is 16.2. The van der Waals surface area contributed by atoms with Crippen LogP contribution in [0.1, 0.15) is 0 Å². The molecule has 0 N–H and O–H groups in total. The summed E-state index contributed by atoms with van der Waals surface area (Å²) in [6, 6.07) is 52.5. The Morgan fingerprint density at radius 3 is 1.29 bits per heavy atom. The minimum Gasteiger partial charge on any atom is -0.311 e. The molecule has 222 valence electrons. The van der Waals surface area contributed by atoms with Crippen LogP contribution < -0.4 is 42.8 Å². The molecule has 48 heavy (non-hydrogen) atoms.